The van der Waals surface area contributed by atoms with Gasteiger partial charge in [-0.1, -0.05) is 12.1 Å². The minimum Gasteiger partial charge on any atom is -0.497 e. The maximum atomic E-state index is 12.6. The zero-order valence-corrected chi connectivity index (χ0v) is 16.2. The number of pyridine rings is 1. The summed E-state index contributed by atoms with van der Waals surface area (Å²) in [5.41, 5.74) is 9.22. The summed E-state index contributed by atoms with van der Waals surface area (Å²) in [5, 5.41) is 9.11. The minimum absolute atomic E-state index is 0.106. The van der Waals surface area contributed by atoms with Gasteiger partial charge in [-0.2, -0.15) is 4.98 Å². The highest BCUT2D eigenvalue weighted by molar-refractivity contribution is 7.12. The molecule has 3 heterocycles. The van der Waals surface area contributed by atoms with Crippen LogP contribution in [0.15, 0.2) is 54.0 Å². The minimum atomic E-state index is -0.113. The molecule has 0 saturated carbocycles. The van der Waals surface area contributed by atoms with Gasteiger partial charge < -0.3 is 15.8 Å². The van der Waals surface area contributed by atoms with Gasteiger partial charge in [-0.05, 0) is 53.8 Å². The number of nitrogen functional groups attached to an aromatic ring is 1. The van der Waals surface area contributed by atoms with Crippen molar-refractivity contribution in [1.29, 1.82) is 0 Å². The Morgan fingerprint density at radius 3 is 2.75 bits per heavy atom. The number of anilines is 1. The topological polar surface area (TPSA) is 94.5 Å². The number of aromatic nitrogens is 3. The van der Waals surface area contributed by atoms with Gasteiger partial charge in [-0.15, -0.1) is 16.4 Å². The summed E-state index contributed by atoms with van der Waals surface area (Å²) in [4.78, 5) is 17.4. The predicted octanol–water partition coefficient (Wildman–Crippen LogP) is 3.54. The van der Waals surface area contributed by atoms with Crippen molar-refractivity contribution in [2.75, 3.05) is 12.8 Å². The highest BCUT2D eigenvalue weighted by atomic mass is 32.1. The summed E-state index contributed by atoms with van der Waals surface area (Å²) in [6.45, 7) is 1.96. The van der Waals surface area contributed by atoms with Crippen LogP contribution < -0.4 is 15.8 Å². The van der Waals surface area contributed by atoms with E-state index in [2.05, 4.69) is 15.4 Å². The van der Waals surface area contributed by atoms with Gasteiger partial charge in [0.2, 0.25) is 5.95 Å². The van der Waals surface area contributed by atoms with E-state index in [1.165, 1.54) is 11.3 Å². The number of ether oxygens (including phenoxy) is 1. The molecule has 1 amide bonds. The normalized spacial score (nSPS) is 12.1. The molecule has 0 aliphatic carbocycles. The fourth-order valence-electron chi connectivity index (χ4n) is 2.92. The number of hydrogen-bond donors (Lipinski definition) is 2. The first kappa shape index (κ1) is 18.0. The van der Waals surface area contributed by atoms with Crippen molar-refractivity contribution in [1.82, 2.24) is 19.9 Å². The Balaban J connectivity index is 1.49. The summed E-state index contributed by atoms with van der Waals surface area (Å²) in [5.74, 6) is 0.914. The third-order valence-electron chi connectivity index (χ3n) is 4.47. The van der Waals surface area contributed by atoms with Crippen LogP contribution in [0.3, 0.4) is 0 Å². The Morgan fingerprint density at radius 1 is 1.21 bits per heavy atom. The first-order chi connectivity index (χ1) is 13.5. The van der Waals surface area contributed by atoms with Crippen molar-refractivity contribution in [3.63, 3.8) is 0 Å². The van der Waals surface area contributed by atoms with E-state index in [-0.39, 0.29) is 17.9 Å². The fraction of sp³-hybridized carbons (Fsp3) is 0.150. The first-order valence-corrected chi connectivity index (χ1v) is 9.57. The Bertz CT molecular complexity index is 1130. The number of amides is 1. The predicted molar refractivity (Wildman–Crippen MR) is 110 cm³/mol. The van der Waals surface area contributed by atoms with Gasteiger partial charge >= 0.3 is 0 Å². The molecule has 4 aromatic rings. The van der Waals surface area contributed by atoms with Crippen LogP contribution in [0.2, 0.25) is 0 Å². The first-order valence-electron chi connectivity index (χ1n) is 8.69. The molecule has 1 aromatic carbocycles. The number of carbonyl (C=O) groups excluding carboxylic acids is 1. The molecule has 8 heteroatoms. The third-order valence-corrected chi connectivity index (χ3v) is 5.40. The molecule has 0 saturated heterocycles. The lowest BCUT2D eigenvalue weighted by molar-refractivity contribution is 0.0944. The van der Waals surface area contributed by atoms with Gasteiger partial charge in [0.1, 0.15) is 5.75 Å². The van der Waals surface area contributed by atoms with Crippen molar-refractivity contribution in [3.05, 3.63) is 64.5 Å². The number of carbonyl (C=O) groups is 1. The monoisotopic (exact) mass is 393 g/mol. The average Bonchev–Trinajstić information content (AvgIpc) is 3.33. The molecular formula is C20H19N5O2S. The number of benzene rings is 1. The summed E-state index contributed by atoms with van der Waals surface area (Å²) in [7, 11) is 1.63. The van der Waals surface area contributed by atoms with Crippen molar-refractivity contribution in [3.8, 4) is 16.9 Å². The van der Waals surface area contributed by atoms with Crippen LogP contribution in [-0.4, -0.2) is 27.6 Å². The van der Waals surface area contributed by atoms with Gasteiger partial charge in [0.15, 0.2) is 5.65 Å². The van der Waals surface area contributed by atoms with E-state index in [4.69, 9.17) is 10.5 Å². The van der Waals surface area contributed by atoms with E-state index in [1.54, 1.807) is 11.6 Å². The third kappa shape index (κ3) is 3.54. The molecule has 3 N–H and O–H groups in total. The number of methoxy groups -OCH3 is 1. The van der Waals surface area contributed by atoms with Gasteiger partial charge in [-0.25, -0.2) is 4.52 Å². The Hall–Kier alpha value is -3.39. The van der Waals surface area contributed by atoms with E-state index in [0.29, 0.717) is 10.5 Å². The highest BCUT2D eigenvalue weighted by Gasteiger charge is 2.15. The molecule has 3 aromatic heterocycles. The van der Waals surface area contributed by atoms with Crippen LogP contribution in [-0.2, 0) is 0 Å². The number of nitrogens with zero attached hydrogens (tertiary/aromatic N) is 3. The molecule has 28 heavy (non-hydrogen) atoms. The van der Waals surface area contributed by atoms with E-state index in [0.717, 1.165) is 22.4 Å². The van der Waals surface area contributed by atoms with Gasteiger partial charge in [-0.3, -0.25) is 4.79 Å². The van der Waals surface area contributed by atoms with Crippen molar-refractivity contribution < 1.29 is 9.53 Å². The zero-order chi connectivity index (χ0) is 19.7. The van der Waals surface area contributed by atoms with Crippen LogP contribution >= 0.6 is 11.3 Å². The van der Waals surface area contributed by atoms with Crippen LogP contribution in [0.4, 0.5) is 5.95 Å². The van der Waals surface area contributed by atoms with Gasteiger partial charge in [0, 0.05) is 11.8 Å². The van der Waals surface area contributed by atoms with Crippen molar-refractivity contribution in [2.24, 2.45) is 0 Å². The largest absolute Gasteiger partial charge is 0.497 e. The maximum Gasteiger partial charge on any atom is 0.261 e. The molecular weight excluding hydrogens is 374 g/mol. The second-order valence-corrected chi connectivity index (χ2v) is 7.27. The number of nitrogens with one attached hydrogen (secondary N) is 1. The number of nitrogens with two attached hydrogens (primary N) is 1. The molecule has 142 valence electrons. The quantitative estimate of drug-likeness (QED) is 0.541. The van der Waals surface area contributed by atoms with E-state index in [1.807, 2.05) is 61.0 Å². The van der Waals surface area contributed by atoms with E-state index < -0.39 is 0 Å². The molecule has 0 fully saturated rings. The average molecular weight is 393 g/mol. The molecule has 0 radical (unpaired) electrons. The second kappa shape index (κ2) is 7.32. The van der Waals surface area contributed by atoms with Gasteiger partial charge in [0.25, 0.3) is 5.91 Å². The van der Waals surface area contributed by atoms with Crippen LogP contribution in [0, 0.1) is 0 Å². The molecule has 4 rings (SSSR count). The number of hydrogen-bond acceptors (Lipinski definition) is 6. The summed E-state index contributed by atoms with van der Waals surface area (Å²) in [6, 6.07) is 13.2. The molecule has 0 unspecified atom stereocenters. The Kier molecular flexibility index (Phi) is 4.70. The second-order valence-electron chi connectivity index (χ2n) is 6.36. The van der Waals surface area contributed by atoms with Crippen LogP contribution in [0.1, 0.15) is 28.2 Å². The molecule has 7 nitrogen and oxygen atoms in total. The number of rotatable bonds is 5. The summed E-state index contributed by atoms with van der Waals surface area (Å²) >= 11 is 1.40. The Labute approximate surface area is 165 Å². The molecule has 0 bridgehead atoms. The maximum absolute atomic E-state index is 12.6. The lowest BCUT2D eigenvalue weighted by Gasteiger charge is -2.14. The number of fused-ring (bicyclic) bond motifs is 1. The zero-order valence-electron chi connectivity index (χ0n) is 15.4. The SMILES string of the molecule is COc1ccc([C@H](C)NC(=O)c2cc(-c3ccc4nc(N)nn4c3)cs2)cc1. The van der Waals surface area contributed by atoms with Gasteiger partial charge in [0.05, 0.1) is 18.0 Å². The van der Waals surface area contributed by atoms with E-state index >= 15 is 0 Å². The summed E-state index contributed by atoms with van der Waals surface area (Å²) < 4.78 is 6.80. The fourth-order valence-corrected chi connectivity index (χ4v) is 3.74. The smallest absolute Gasteiger partial charge is 0.261 e. The lowest BCUT2D eigenvalue weighted by Crippen LogP contribution is -2.25. The molecule has 0 aliphatic heterocycles. The lowest BCUT2D eigenvalue weighted by atomic mass is 10.1. The van der Waals surface area contributed by atoms with Crippen LogP contribution in [0.25, 0.3) is 16.8 Å². The molecule has 1 atom stereocenters. The summed E-state index contributed by atoms with van der Waals surface area (Å²) in [6.07, 6.45) is 1.85. The Morgan fingerprint density at radius 2 is 2.00 bits per heavy atom. The van der Waals surface area contributed by atoms with E-state index in [9.17, 15) is 4.79 Å². The standard InChI is InChI=1S/C20H19N5O2S/c1-12(13-3-6-16(27-2)7-4-13)22-19(26)17-9-15(11-28-17)14-5-8-18-23-20(21)24-25(18)10-14/h3-12H,1-2H3,(H2,21,24)(H,22,26)/t12-/m0/s1. The molecule has 0 spiro atoms. The number of thiophene rings is 1. The highest BCUT2D eigenvalue weighted by Crippen LogP contribution is 2.27. The van der Waals surface area contributed by atoms with Crippen LogP contribution in [0.5, 0.6) is 5.75 Å². The van der Waals surface area contributed by atoms with Crippen molar-refractivity contribution >= 4 is 28.8 Å². The molecule has 0 aliphatic rings. The van der Waals surface area contributed by atoms with Crippen molar-refractivity contribution in [2.45, 2.75) is 13.0 Å².